The van der Waals surface area contributed by atoms with Crippen LogP contribution in [-0.4, -0.2) is 29.3 Å². The van der Waals surface area contributed by atoms with Crippen LogP contribution in [0.2, 0.25) is 0 Å². The third kappa shape index (κ3) is 7.55. The molecule has 0 fully saturated rings. The molecule has 1 atom stereocenters. The summed E-state index contributed by atoms with van der Waals surface area (Å²) in [5.41, 5.74) is 4.01. The van der Waals surface area contributed by atoms with E-state index >= 15 is 0 Å². The first kappa shape index (κ1) is 25.2. The summed E-state index contributed by atoms with van der Waals surface area (Å²) in [7, 11) is 0. The number of nitrogens with one attached hydrogen (secondary N) is 1. The quantitative estimate of drug-likeness (QED) is 0.426. The summed E-state index contributed by atoms with van der Waals surface area (Å²) >= 11 is 0. The van der Waals surface area contributed by atoms with Gasteiger partial charge in [0.15, 0.2) is 0 Å². The van der Waals surface area contributed by atoms with E-state index in [9.17, 15) is 14.0 Å². The Morgan fingerprint density at radius 3 is 2.18 bits per heavy atom. The fourth-order valence-corrected chi connectivity index (χ4v) is 3.86. The average Bonchev–Trinajstić information content (AvgIpc) is 2.86. The lowest BCUT2D eigenvalue weighted by atomic mass is 10.0. The van der Waals surface area contributed by atoms with Gasteiger partial charge in [0.05, 0.1) is 0 Å². The molecule has 3 aromatic carbocycles. The largest absolute Gasteiger partial charge is 0.354 e. The Labute approximate surface area is 201 Å². The van der Waals surface area contributed by atoms with Crippen LogP contribution in [0.25, 0.3) is 0 Å². The zero-order valence-electron chi connectivity index (χ0n) is 20.0. The molecule has 4 nitrogen and oxygen atoms in total. The summed E-state index contributed by atoms with van der Waals surface area (Å²) in [6.07, 6.45) is 2.10. The standard InChI is InChI=1S/C29H33FN2O2/c1-3-19-31-29(34)27(20-24-7-5-4-6-8-24)32(21-25-13-16-26(30)17-14-25)28(33)18-15-23-11-9-22(2)10-12-23/h4-14,16-17,27H,3,15,18-21H2,1-2H3,(H,31,34). The summed E-state index contributed by atoms with van der Waals surface area (Å²) in [4.78, 5) is 28.4. The number of nitrogens with zero attached hydrogens (tertiary/aromatic N) is 1. The van der Waals surface area contributed by atoms with Crippen LogP contribution < -0.4 is 5.32 Å². The first-order valence-electron chi connectivity index (χ1n) is 11.9. The van der Waals surface area contributed by atoms with Crippen LogP contribution in [0, 0.1) is 12.7 Å². The number of hydrogen-bond donors (Lipinski definition) is 1. The predicted octanol–water partition coefficient (Wildman–Crippen LogP) is 5.23. The van der Waals surface area contributed by atoms with Crippen molar-refractivity contribution in [3.8, 4) is 0 Å². The average molecular weight is 461 g/mol. The lowest BCUT2D eigenvalue weighted by Crippen LogP contribution is -2.50. The predicted molar refractivity (Wildman–Crippen MR) is 134 cm³/mol. The van der Waals surface area contributed by atoms with E-state index < -0.39 is 6.04 Å². The van der Waals surface area contributed by atoms with Crippen molar-refractivity contribution in [1.82, 2.24) is 10.2 Å². The molecule has 0 spiro atoms. The molecule has 0 radical (unpaired) electrons. The monoisotopic (exact) mass is 460 g/mol. The van der Waals surface area contributed by atoms with Crippen LogP contribution in [0.15, 0.2) is 78.9 Å². The van der Waals surface area contributed by atoms with E-state index in [1.165, 1.54) is 17.7 Å². The molecule has 1 N–H and O–H groups in total. The second kappa shape index (κ2) is 12.7. The van der Waals surface area contributed by atoms with Gasteiger partial charge in [0.1, 0.15) is 11.9 Å². The normalized spacial score (nSPS) is 11.6. The summed E-state index contributed by atoms with van der Waals surface area (Å²) < 4.78 is 13.5. The smallest absolute Gasteiger partial charge is 0.243 e. The fourth-order valence-electron chi connectivity index (χ4n) is 3.86. The van der Waals surface area contributed by atoms with Crippen molar-refractivity contribution in [3.05, 3.63) is 107 Å². The van der Waals surface area contributed by atoms with Crippen LogP contribution in [-0.2, 0) is 29.0 Å². The van der Waals surface area contributed by atoms with Gasteiger partial charge in [0.2, 0.25) is 11.8 Å². The van der Waals surface area contributed by atoms with E-state index in [2.05, 4.69) is 5.32 Å². The Morgan fingerprint density at radius 2 is 1.53 bits per heavy atom. The van der Waals surface area contributed by atoms with Crippen molar-refractivity contribution in [3.63, 3.8) is 0 Å². The molecule has 0 aliphatic heterocycles. The lowest BCUT2D eigenvalue weighted by Gasteiger charge is -2.31. The molecule has 0 saturated heterocycles. The van der Waals surface area contributed by atoms with Crippen LogP contribution >= 0.6 is 0 Å². The van der Waals surface area contributed by atoms with Crippen molar-refractivity contribution in [2.24, 2.45) is 0 Å². The number of carbonyl (C=O) groups is 2. The van der Waals surface area contributed by atoms with Gasteiger partial charge >= 0.3 is 0 Å². The summed E-state index contributed by atoms with van der Waals surface area (Å²) in [5, 5.41) is 2.97. The van der Waals surface area contributed by atoms with E-state index in [0.717, 1.165) is 23.1 Å². The van der Waals surface area contributed by atoms with E-state index in [1.807, 2.05) is 68.4 Å². The molecule has 3 rings (SSSR count). The Hall–Kier alpha value is -3.47. The highest BCUT2D eigenvalue weighted by atomic mass is 19.1. The highest BCUT2D eigenvalue weighted by molar-refractivity contribution is 5.88. The highest BCUT2D eigenvalue weighted by Crippen LogP contribution is 2.17. The Balaban J connectivity index is 1.87. The van der Waals surface area contributed by atoms with E-state index in [0.29, 0.717) is 19.4 Å². The maximum absolute atomic E-state index is 13.5. The molecular weight excluding hydrogens is 427 g/mol. The molecule has 0 aliphatic carbocycles. The van der Waals surface area contributed by atoms with Gasteiger partial charge in [-0.3, -0.25) is 9.59 Å². The minimum Gasteiger partial charge on any atom is -0.354 e. The molecular formula is C29H33FN2O2. The minimum atomic E-state index is -0.662. The van der Waals surface area contributed by atoms with E-state index in [1.54, 1.807) is 17.0 Å². The Kier molecular flexibility index (Phi) is 9.39. The van der Waals surface area contributed by atoms with Crippen molar-refractivity contribution in [2.45, 2.75) is 52.1 Å². The first-order valence-corrected chi connectivity index (χ1v) is 11.9. The van der Waals surface area contributed by atoms with Gasteiger partial charge < -0.3 is 10.2 Å². The van der Waals surface area contributed by atoms with Crippen molar-refractivity contribution >= 4 is 11.8 Å². The van der Waals surface area contributed by atoms with Gasteiger partial charge in [0, 0.05) is 25.9 Å². The Bertz CT molecular complexity index is 1050. The van der Waals surface area contributed by atoms with Gasteiger partial charge in [-0.25, -0.2) is 4.39 Å². The van der Waals surface area contributed by atoms with Gasteiger partial charge in [0.25, 0.3) is 0 Å². The third-order valence-corrected chi connectivity index (χ3v) is 5.83. The molecule has 2 amide bonds. The first-order chi connectivity index (χ1) is 16.5. The van der Waals surface area contributed by atoms with Crippen LogP contribution in [0.3, 0.4) is 0 Å². The summed E-state index contributed by atoms with van der Waals surface area (Å²) in [6.45, 7) is 4.81. The zero-order valence-corrected chi connectivity index (χ0v) is 20.0. The topological polar surface area (TPSA) is 49.4 Å². The number of halogens is 1. The van der Waals surface area contributed by atoms with E-state index in [-0.39, 0.29) is 30.6 Å². The number of benzene rings is 3. The molecule has 0 bridgehead atoms. The van der Waals surface area contributed by atoms with Crippen LogP contribution in [0.1, 0.15) is 42.0 Å². The molecule has 0 heterocycles. The number of hydrogen-bond acceptors (Lipinski definition) is 2. The maximum Gasteiger partial charge on any atom is 0.243 e. The second-order valence-corrected chi connectivity index (χ2v) is 8.63. The molecule has 5 heteroatoms. The molecule has 3 aromatic rings. The van der Waals surface area contributed by atoms with Gasteiger partial charge in [-0.2, -0.15) is 0 Å². The summed E-state index contributed by atoms with van der Waals surface area (Å²) in [5.74, 6) is -0.600. The minimum absolute atomic E-state index is 0.0996. The lowest BCUT2D eigenvalue weighted by molar-refractivity contribution is -0.141. The number of amides is 2. The van der Waals surface area contributed by atoms with Gasteiger partial charge in [-0.05, 0) is 48.6 Å². The number of carbonyl (C=O) groups excluding carboxylic acids is 2. The number of aryl methyl sites for hydroxylation is 2. The molecule has 34 heavy (non-hydrogen) atoms. The van der Waals surface area contributed by atoms with Gasteiger partial charge in [-0.1, -0.05) is 79.2 Å². The van der Waals surface area contributed by atoms with Crippen molar-refractivity contribution < 1.29 is 14.0 Å². The molecule has 0 aromatic heterocycles. The fraction of sp³-hybridized carbons (Fsp3) is 0.310. The number of rotatable bonds is 11. The zero-order chi connectivity index (χ0) is 24.3. The molecule has 178 valence electrons. The van der Waals surface area contributed by atoms with E-state index in [4.69, 9.17) is 0 Å². The molecule has 0 aliphatic rings. The van der Waals surface area contributed by atoms with Gasteiger partial charge in [-0.15, -0.1) is 0 Å². The van der Waals surface area contributed by atoms with Crippen LogP contribution in [0.5, 0.6) is 0 Å². The van der Waals surface area contributed by atoms with Crippen molar-refractivity contribution in [2.75, 3.05) is 6.54 Å². The highest BCUT2D eigenvalue weighted by Gasteiger charge is 2.30. The van der Waals surface area contributed by atoms with Crippen LogP contribution in [0.4, 0.5) is 4.39 Å². The summed E-state index contributed by atoms with van der Waals surface area (Å²) in [6, 6.07) is 23.3. The molecule has 0 saturated carbocycles. The maximum atomic E-state index is 13.5. The molecule has 1 unspecified atom stereocenters. The second-order valence-electron chi connectivity index (χ2n) is 8.63. The SMILES string of the molecule is CCCNC(=O)C(Cc1ccccc1)N(Cc1ccc(F)cc1)C(=O)CCc1ccc(C)cc1. The third-order valence-electron chi connectivity index (χ3n) is 5.83. The van der Waals surface area contributed by atoms with Crippen molar-refractivity contribution in [1.29, 1.82) is 0 Å². The Morgan fingerprint density at radius 1 is 0.882 bits per heavy atom.